The van der Waals surface area contributed by atoms with E-state index in [1.165, 1.54) is 11.6 Å². The lowest BCUT2D eigenvalue weighted by Gasteiger charge is -2.26. The Hall–Kier alpha value is -4.24. The normalized spacial score (nSPS) is 14.9. The average Bonchev–Trinajstić information content (AvgIpc) is 3.38. The summed E-state index contributed by atoms with van der Waals surface area (Å²) in [5.41, 5.74) is 19.3. The molecule has 2 aliphatic heterocycles. The summed E-state index contributed by atoms with van der Waals surface area (Å²) in [6, 6.07) is 22.5. The second kappa shape index (κ2) is 11.4. The number of nitrogens with zero attached hydrogens (tertiary/aromatic N) is 1. The summed E-state index contributed by atoms with van der Waals surface area (Å²) in [4.78, 5) is 27.7. The minimum Gasteiger partial charge on any atom is -0.379 e. The maximum absolute atomic E-state index is 12.1. The Morgan fingerprint density at radius 1 is 0.974 bits per heavy atom. The fraction of sp³-hybridized carbons (Fsp3) is 0.200. The number of aromatic amines is 1. The first kappa shape index (κ1) is 25.4. The lowest BCUT2D eigenvalue weighted by molar-refractivity contribution is -0.117. The molecule has 4 aromatic rings. The van der Waals surface area contributed by atoms with Gasteiger partial charge in [0.15, 0.2) is 0 Å². The SMILES string of the molecule is NCc1ccccc1-c1ccc(C(N)=O)c2[nH]c(-c3ccc(CN4CCOCC4)cc3)cc12.O=C1C=CN1. The molecule has 8 heteroatoms. The van der Waals surface area contributed by atoms with Gasteiger partial charge in [0, 0.05) is 49.5 Å². The van der Waals surface area contributed by atoms with Crippen LogP contribution in [0.2, 0.25) is 0 Å². The smallest absolute Gasteiger partial charge is 0.250 e. The molecular weight excluding hydrogens is 478 g/mol. The molecule has 0 saturated carbocycles. The number of amides is 2. The van der Waals surface area contributed by atoms with Crippen LogP contribution in [0.5, 0.6) is 0 Å². The van der Waals surface area contributed by atoms with Crippen LogP contribution in [0.15, 0.2) is 79.0 Å². The maximum Gasteiger partial charge on any atom is 0.250 e. The zero-order valence-electron chi connectivity index (χ0n) is 21.1. The zero-order valence-corrected chi connectivity index (χ0v) is 21.1. The number of nitrogens with two attached hydrogens (primary N) is 2. The van der Waals surface area contributed by atoms with E-state index in [1.807, 2.05) is 24.3 Å². The topological polar surface area (TPSA) is 126 Å². The van der Waals surface area contributed by atoms with Gasteiger partial charge in [-0.25, -0.2) is 0 Å². The first-order valence-corrected chi connectivity index (χ1v) is 12.6. The summed E-state index contributed by atoms with van der Waals surface area (Å²) in [5.74, 6) is -0.446. The zero-order chi connectivity index (χ0) is 26.5. The Balaban J connectivity index is 0.000000529. The highest BCUT2D eigenvalue weighted by molar-refractivity contribution is 6.10. The van der Waals surface area contributed by atoms with Crippen molar-refractivity contribution in [1.82, 2.24) is 15.2 Å². The number of nitrogens with one attached hydrogen (secondary N) is 2. The van der Waals surface area contributed by atoms with Crippen LogP contribution in [0.3, 0.4) is 0 Å². The molecule has 6 N–H and O–H groups in total. The number of carbonyl (C=O) groups is 2. The van der Waals surface area contributed by atoms with Gasteiger partial charge in [-0.1, -0.05) is 54.6 Å². The van der Waals surface area contributed by atoms with Crippen LogP contribution in [0, 0.1) is 0 Å². The molecule has 2 amide bonds. The largest absolute Gasteiger partial charge is 0.379 e. The molecule has 0 bridgehead atoms. The number of ether oxygens (including phenoxy) is 1. The van der Waals surface area contributed by atoms with Crippen molar-refractivity contribution in [3.05, 3.63) is 95.7 Å². The van der Waals surface area contributed by atoms with Gasteiger partial charge < -0.3 is 26.5 Å². The highest BCUT2D eigenvalue weighted by Crippen LogP contribution is 2.35. The molecule has 8 nitrogen and oxygen atoms in total. The molecule has 0 atom stereocenters. The Bertz CT molecular complexity index is 1480. The van der Waals surface area contributed by atoms with Crippen LogP contribution in [0.1, 0.15) is 21.5 Å². The fourth-order valence-electron chi connectivity index (χ4n) is 4.73. The number of carbonyl (C=O) groups excluding carboxylic acids is 2. The minimum atomic E-state index is -0.451. The van der Waals surface area contributed by atoms with Crippen molar-refractivity contribution in [2.75, 3.05) is 26.3 Å². The lowest BCUT2D eigenvalue weighted by atomic mass is 9.95. The van der Waals surface area contributed by atoms with E-state index in [0.717, 1.165) is 71.7 Å². The number of primary amides is 1. The molecule has 2 aliphatic rings. The van der Waals surface area contributed by atoms with Gasteiger partial charge in [0.2, 0.25) is 5.91 Å². The molecule has 6 rings (SSSR count). The molecule has 0 spiro atoms. The van der Waals surface area contributed by atoms with Gasteiger partial charge in [-0.3, -0.25) is 14.5 Å². The van der Waals surface area contributed by atoms with Crippen LogP contribution < -0.4 is 16.8 Å². The quantitative estimate of drug-likeness (QED) is 0.316. The van der Waals surface area contributed by atoms with Gasteiger partial charge in [-0.15, -0.1) is 0 Å². The average molecular weight is 510 g/mol. The minimum absolute atomic E-state index is 0.00463. The van der Waals surface area contributed by atoms with Crippen molar-refractivity contribution < 1.29 is 14.3 Å². The van der Waals surface area contributed by atoms with Crippen molar-refractivity contribution in [2.45, 2.75) is 13.1 Å². The van der Waals surface area contributed by atoms with Gasteiger partial charge in [0.1, 0.15) is 0 Å². The number of morpholine rings is 1. The van der Waals surface area contributed by atoms with E-state index in [-0.39, 0.29) is 5.91 Å². The van der Waals surface area contributed by atoms with Crippen molar-refractivity contribution in [1.29, 1.82) is 0 Å². The van der Waals surface area contributed by atoms with Crippen LogP contribution >= 0.6 is 0 Å². The van der Waals surface area contributed by atoms with Gasteiger partial charge in [0.25, 0.3) is 5.91 Å². The summed E-state index contributed by atoms with van der Waals surface area (Å²) in [7, 11) is 0. The molecule has 38 heavy (non-hydrogen) atoms. The van der Waals surface area contributed by atoms with E-state index in [4.69, 9.17) is 16.2 Å². The third kappa shape index (κ3) is 5.52. The Kier molecular flexibility index (Phi) is 7.65. The summed E-state index contributed by atoms with van der Waals surface area (Å²) in [6.07, 6.45) is 3.07. The number of rotatable bonds is 6. The van der Waals surface area contributed by atoms with Gasteiger partial charge in [-0.2, -0.15) is 0 Å². The lowest BCUT2D eigenvalue weighted by Crippen LogP contribution is -2.35. The van der Waals surface area contributed by atoms with E-state index in [9.17, 15) is 9.59 Å². The summed E-state index contributed by atoms with van der Waals surface area (Å²) in [6.45, 7) is 4.88. The van der Waals surface area contributed by atoms with Crippen molar-refractivity contribution in [2.24, 2.45) is 11.5 Å². The Morgan fingerprint density at radius 3 is 2.32 bits per heavy atom. The molecule has 3 aromatic carbocycles. The second-order valence-electron chi connectivity index (χ2n) is 9.29. The van der Waals surface area contributed by atoms with Crippen molar-refractivity contribution >= 4 is 22.7 Å². The molecule has 0 unspecified atom stereocenters. The first-order chi connectivity index (χ1) is 18.5. The number of fused-ring (bicyclic) bond motifs is 1. The highest BCUT2D eigenvalue weighted by Gasteiger charge is 2.17. The summed E-state index contributed by atoms with van der Waals surface area (Å²) >= 11 is 0. The van der Waals surface area contributed by atoms with Crippen molar-refractivity contribution in [3.63, 3.8) is 0 Å². The third-order valence-corrected chi connectivity index (χ3v) is 6.82. The van der Waals surface area contributed by atoms with Crippen LogP contribution in [-0.2, 0) is 22.6 Å². The number of H-pyrrole nitrogens is 1. The van der Waals surface area contributed by atoms with E-state index in [2.05, 4.69) is 51.6 Å². The molecule has 1 saturated heterocycles. The predicted octanol–water partition coefficient (Wildman–Crippen LogP) is 3.52. The van der Waals surface area contributed by atoms with E-state index < -0.39 is 5.91 Å². The third-order valence-electron chi connectivity index (χ3n) is 6.82. The predicted molar refractivity (Wildman–Crippen MR) is 149 cm³/mol. The maximum atomic E-state index is 12.1. The number of hydrogen-bond donors (Lipinski definition) is 4. The molecule has 3 heterocycles. The summed E-state index contributed by atoms with van der Waals surface area (Å²) in [5, 5.41) is 3.35. The number of benzene rings is 3. The van der Waals surface area contributed by atoms with E-state index in [0.29, 0.717) is 12.1 Å². The molecule has 1 aromatic heterocycles. The second-order valence-corrected chi connectivity index (χ2v) is 9.29. The Morgan fingerprint density at radius 2 is 1.68 bits per heavy atom. The molecule has 0 aliphatic carbocycles. The van der Waals surface area contributed by atoms with Crippen LogP contribution in [-0.4, -0.2) is 48.0 Å². The molecular formula is C30H31N5O3. The Labute approximate surface area is 221 Å². The standard InChI is InChI=1S/C27H28N4O2.C3H3NO/c28-16-20-3-1-2-4-21(20)22-9-10-23(27(29)32)26-24(22)15-25(30-26)19-7-5-18(6-8-19)17-31-11-13-33-14-12-31;5-3-1-2-4-3/h1-10,15,30H,11-14,16-17,28H2,(H2,29,32);1-2H,(H,4,5). The van der Waals surface area contributed by atoms with Crippen LogP contribution in [0.25, 0.3) is 33.3 Å². The monoisotopic (exact) mass is 509 g/mol. The van der Waals surface area contributed by atoms with Gasteiger partial charge in [-0.05, 0) is 39.9 Å². The number of hydrogen-bond acceptors (Lipinski definition) is 5. The molecule has 0 radical (unpaired) electrons. The van der Waals surface area contributed by atoms with Crippen LogP contribution in [0.4, 0.5) is 0 Å². The van der Waals surface area contributed by atoms with Crippen molar-refractivity contribution in [3.8, 4) is 22.4 Å². The van der Waals surface area contributed by atoms with E-state index >= 15 is 0 Å². The van der Waals surface area contributed by atoms with Gasteiger partial charge >= 0.3 is 0 Å². The molecule has 1 fully saturated rings. The summed E-state index contributed by atoms with van der Waals surface area (Å²) < 4.78 is 5.44. The highest BCUT2D eigenvalue weighted by atomic mass is 16.5. The first-order valence-electron chi connectivity index (χ1n) is 12.6. The van der Waals surface area contributed by atoms with E-state index in [1.54, 1.807) is 12.3 Å². The molecule has 194 valence electrons. The fourth-order valence-corrected chi connectivity index (χ4v) is 4.73. The number of aromatic nitrogens is 1. The van der Waals surface area contributed by atoms with Gasteiger partial charge in [0.05, 0.1) is 24.3 Å².